The van der Waals surface area contributed by atoms with E-state index in [2.05, 4.69) is 12.2 Å². The minimum Gasteiger partial charge on any atom is -0.494 e. The second-order valence-corrected chi connectivity index (χ2v) is 6.01. The minimum absolute atomic E-state index is 0.0715. The number of nitrogens with one attached hydrogen (secondary N) is 1. The lowest BCUT2D eigenvalue weighted by molar-refractivity contribution is -0.121. The second kappa shape index (κ2) is 6.83. The Morgan fingerprint density at radius 3 is 2.90 bits per heavy atom. The molecule has 0 aliphatic carbocycles. The average Bonchev–Trinajstić information content (AvgIpc) is 2.74. The zero-order chi connectivity index (χ0) is 15.4. The number of rotatable bonds is 6. The molecule has 1 aliphatic rings. The maximum absolute atomic E-state index is 11.8. The number of amides is 1. The molecule has 21 heavy (non-hydrogen) atoms. The smallest absolute Gasteiger partial charge is 0.220 e. The molecule has 1 N–H and O–H groups in total. The van der Waals surface area contributed by atoms with Crippen molar-refractivity contribution in [2.24, 2.45) is 5.92 Å². The molecule has 0 bridgehead atoms. The maximum atomic E-state index is 11.8. The first-order valence-electron chi connectivity index (χ1n) is 7.71. The Morgan fingerprint density at radius 2 is 2.24 bits per heavy atom. The number of fused-ring (bicyclic) bond motifs is 1. The van der Waals surface area contributed by atoms with Gasteiger partial charge in [-0.05, 0) is 31.9 Å². The van der Waals surface area contributed by atoms with Gasteiger partial charge in [0, 0.05) is 30.5 Å². The molecule has 2 rings (SSSR count). The van der Waals surface area contributed by atoms with Crippen molar-refractivity contribution in [1.29, 1.82) is 0 Å². The number of hydrogen-bond acceptors (Lipinski definition) is 3. The van der Waals surface area contributed by atoms with Gasteiger partial charge in [0.1, 0.15) is 17.6 Å². The zero-order valence-corrected chi connectivity index (χ0v) is 13.4. The Bertz CT molecular complexity index is 511. The van der Waals surface area contributed by atoms with Crippen molar-refractivity contribution in [2.45, 2.75) is 53.2 Å². The van der Waals surface area contributed by atoms with Crippen LogP contribution >= 0.6 is 0 Å². The van der Waals surface area contributed by atoms with Crippen molar-refractivity contribution in [3.8, 4) is 11.5 Å². The van der Waals surface area contributed by atoms with E-state index in [1.165, 1.54) is 5.56 Å². The molecule has 1 aromatic rings. The van der Waals surface area contributed by atoms with Gasteiger partial charge in [0.05, 0.1) is 6.61 Å². The molecular formula is C17H25NO3. The molecule has 4 nitrogen and oxygen atoms in total. The van der Waals surface area contributed by atoms with Crippen LogP contribution in [0.15, 0.2) is 12.1 Å². The van der Waals surface area contributed by atoms with Gasteiger partial charge in [0.15, 0.2) is 0 Å². The molecular weight excluding hydrogens is 266 g/mol. The summed E-state index contributed by atoms with van der Waals surface area (Å²) in [4.78, 5) is 11.8. The van der Waals surface area contributed by atoms with E-state index >= 15 is 0 Å². The van der Waals surface area contributed by atoms with Crippen molar-refractivity contribution >= 4 is 5.91 Å². The average molecular weight is 291 g/mol. The van der Waals surface area contributed by atoms with Crippen LogP contribution in [-0.4, -0.2) is 18.6 Å². The lowest BCUT2D eigenvalue weighted by Gasteiger charge is -2.14. The van der Waals surface area contributed by atoms with Gasteiger partial charge in [-0.1, -0.05) is 13.8 Å². The van der Waals surface area contributed by atoms with Crippen molar-refractivity contribution < 1.29 is 14.3 Å². The second-order valence-electron chi connectivity index (χ2n) is 6.01. The number of carbonyl (C=O) groups is 1. The molecule has 1 atom stereocenters. The van der Waals surface area contributed by atoms with Crippen molar-refractivity contribution in [2.75, 3.05) is 6.61 Å². The summed E-state index contributed by atoms with van der Waals surface area (Å²) in [6.45, 7) is 9.19. The normalized spacial score (nSPS) is 16.5. The highest BCUT2D eigenvalue weighted by Crippen LogP contribution is 2.35. The fraction of sp³-hybridized carbons (Fsp3) is 0.588. The third-order valence-corrected chi connectivity index (χ3v) is 3.45. The molecule has 0 aromatic heterocycles. The Kier molecular flexibility index (Phi) is 5.10. The summed E-state index contributed by atoms with van der Waals surface area (Å²) < 4.78 is 11.5. The molecule has 1 heterocycles. The summed E-state index contributed by atoms with van der Waals surface area (Å²) in [5.41, 5.74) is 2.16. The minimum atomic E-state index is 0.0715. The lowest BCUT2D eigenvalue weighted by Crippen LogP contribution is -2.24. The molecule has 1 amide bonds. The summed E-state index contributed by atoms with van der Waals surface area (Å²) >= 11 is 0. The molecule has 1 aliphatic heterocycles. The van der Waals surface area contributed by atoms with Crippen molar-refractivity contribution in [3.05, 3.63) is 23.3 Å². The van der Waals surface area contributed by atoms with Crippen molar-refractivity contribution in [1.82, 2.24) is 5.32 Å². The Hall–Kier alpha value is -1.71. The quantitative estimate of drug-likeness (QED) is 0.876. The first-order chi connectivity index (χ1) is 9.99. The monoisotopic (exact) mass is 291 g/mol. The van der Waals surface area contributed by atoms with Crippen molar-refractivity contribution in [3.63, 3.8) is 0 Å². The highest BCUT2D eigenvalue weighted by atomic mass is 16.5. The summed E-state index contributed by atoms with van der Waals surface area (Å²) in [5.74, 6) is 2.20. The number of ether oxygens (including phenoxy) is 2. The lowest BCUT2D eigenvalue weighted by atomic mass is 10.1. The third-order valence-electron chi connectivity index (χ3n) is 3.45. The summed E-state index contributed by atoms with van der Waals surface area (Å²) in [6, 6.07) is 4.05. The molecule has 0 fully saturated rings. The highest BCUT2D eigenvalue weighted by Gasteiger charge is 2.22. The predicted molar refractivity (Wildman–Crippen MR) is 82.7 cm³/mol. The Morgan fingerprint density at radius 1 is 1.48 bits per heavy atom. The highest BCUT2D eigenvalue weighted by molar-refractivity contribution is 5.76. The Labute approximate surface area is 126 Å². The number of benzene rings is 1. The Balaban J connectivity index is 2.10. The van der Waals surface area contributed by atoms with Crippen LogP contribution in [0, 0.1) is 5.92 Å². The maximum Gasteiger partial charge on any atom is 0.220 e. The van der Waals surface area contributed by atoms with E-state index in [0.717, 1.165) is 23.5 Å². The summed E-state index contributed by atoms with van der Waals surface area (Å²) in [5, 5.41) is 2.96. The van der Waals surface area contributed by atoms with Gasteiger partial charge in [0.2, 0.25) is 5.91 Å². The van der Waals surface area contributed by atoms with Crippen LogP contribution in [0.2, 0.25) is 0 Å². The van der Waals surface area contributed by atoms with Gasteiger partial charge >= 0.3 is 0 Å². The topological polar surface area (TPSA) is 47.6 Å². The van der Waals surface area contributed by atoms with Crippen LogP contribution in [0.5, 0.6) is 11.5 Å². The summed E-state index contributed by atoms with van der Waals surface area (Å²) in [7, 11) is 0. The first kappa shape index (κ1) is 15.7. The largest absolute Gasteiger partial charge is 0.494 e. The van der Waals surface area contributed by atoms with Crippen LogP contribution in [0.25, 0.3) is 0 Å². The van der Waals surface area contributed by atoms with E-state index in [-0.39, 0.29) is 12.0 Å². The van der Waals surface area contributed by atoms with E-state index in [1.54, 1.807) is 0 Å². The van der Waals surface area contributed by atoms with Gasteiger partial charge in [-0.3, -0.25) is 4.79 Å². The molecule has 0 radical (unpaired) electrons. The molecule has 116 valence electrons. The van der Waals surface area contributed by atoms with Crippen LogP contribution in [-0.2, 0) is 17.8 Å². The fourth-order valence-electron chi connectivity index (χ4n) is 2.55. The van der Waals surface area contributed by atoms with Crippen LogP contribution in [0.1, 0.15) is 45.2 Å². The molecule has 1 aromatic carbocycles. The van der Waals surface area contributed by atoms with Crippen LogP contribution < -0.4 is 14.8 Å². The molecule has 0 unspecified atom stereocenters. The number of hydrogen-bond donors (Lipinski definition) is 1. The first-order valence-corrected chi connectivity index (χ1v) is 7.71. The van der Waals surface area contributed by atoms with E-state index in [1.807, 2.05) is 32.9 Å². The van der Waals surface area contributed by atoms with Crippen LogP contribution in [0.4, 0.5) is 0 Å². The third kappa shape index (κ3) is 4.13. The van der Waals surface area contributed by atoms with Gasteiger partial charge in [0.25, 0.3) is 0 Å². The van der Waals surface area contributed by atoms with E-state index in [9.17, 15) is 4.79 Å². The summed E-state index contributed by atoms with van der Waals surface area (Å²) in [6.07, 6.45) is 1.66. The standard InChI is InChI=1S/C17H25NO3/c1-5-20-15-8-13-7-12(4)21-16(13)9-14(15)10-18-17(19)6-11(2)3/h8-9,11-12H,5-7,10H2,1-4H3,(H,18,19)/t12-/m1/s1. The fourth-order valence-corrected chi connectivity index (χ4v) is 2.55. The molecule has 0 saturated heterocycles. The van der Waals surface area contributed by atoms with E-state index < -0.39 is 0 Å². The van der Waals surface area contributed by atoms with Gasteiger partial charge in [-0.2, -0.15) is 0 Å². The molecule has 0 spiro atoms. The van der Waals surface area contributed by atoms with Gasteiger partial charge in [-0.15, -0.1) is 0 Å². The van der Waals surface area contributed by atoms with Gasteiger partial charge < -0.3 is 14.8 Å². The predicted octanol–water partition coefficient (Wildman–Crippen LogP) is 3.07. The van der Waals surface area contributed by atoms with Crippen LogP contribution in [0.3, 0.4) is 0 Å². The number of carbonyl (C=O) groups excluding carboxylic acids is 1. The molecule has 0 saturated carbocycles. The molecule has 4 heteroatoms. The van der Waals surface area contributed by atoms with Gasteiger partial charge in [-0.25, -0.2) is 0 Å². The van der Waals surface area contributed by atoms with E-state index in [4.69, 9.17) is 9.47 Å². The SMILES string of the molecule is CCOc1cc2c(cc1CNC(=O)CC(C)C)O[C@H](C)C2. The zero-order valence-electron chi connectivity index (χ0n) is 13.4. The van der Waals surface area contributed by atoms with E-state index in [0.29, 0.717) is 25.5 Å².